The van der Waals surface area contributed by atoms with E-state index in [-0.39, 0.29) is 5.95 Å². The van der Waals surface area contributed by atoms with E-state index in [1.54, 1.807) is 31.4 Å². The summed E-state index contributed by atoms with van der Waals surface area (Å²) in [4.78, 5) is 16.4. The molecule has 1 heterocycles. The number of amides is 1. The molecule has 0 unspecified atom stereocenters. The number of nitrogens with one attached hydrogen (secondary N) is 1. The summed E-state index contributed by atoms with van der Waals surface area (Å²) in [5, 5.41) is 7.33. The number of carbonyl (C=O) groups excluding carboxylic acids is 1. The largest absolute Gasteiger partial charge is 0.497 e. The van der Waals surface area contributed by atoms with Crippen molar-refractivity contribution in [2.75, 3.05) is 18.2 Å². The third-order valence-electron chi connectivity index (χ3n) is 3.36. The molecule has 0 saturated heterocycles. The molecule has 8 heteroatoms. The molecule has 0 spiro atoms. The molecule has 25 heavy (non-hydrogen) atoms. The third kappa shape index (κ3) is 4.30. The normalized spacial score (nSPS) is 10.4. The second-order valence-corrected chi connectivity index (χ2v) is 6.04. The number of rotatable bonds is 5. The van der Waals surface area contributed by atoms with Crippen LogP contribution in [0.1, 0.15) is 5.56 Å². The topological polar surface area (TPSA) is 95.1 Å². The number of thioether (sulfide) groups is 1. The number of carbonyl (C=O) groups is 1. The third-order valence-corrected chi connectivity index (χ3v) is 4.27. The Kier molecular flexibility index (Phi) is 5.20. The van der Waals surface area contributed by atoms with Gasteiger partial charge in [0.25, 0.3) is 0 Å². The van der Waals surface area contributed by atoms with E-state index >= 15 is 0 Å². The number of anilines is 2. The van der Waals surface area contributed by atoms with Crippen LogP contribution in [0.15, 0.2) is 59.8 Å². The van der Waals surface area contributed by atoms with Gasteiger partial charge in [0.05, 0.1) is 7.11 Å². The number of benzene rings is 2. The van der Waals surface area contributed by atoms with Crippen molar-refractivity contribution in [1.82, 2.24) is 14.8 Å². The second kappa shape index (κ2) is 7.71. The lowest BCUT2D eigenvalue weighted by atomic mass is 10.2. The Morgan fingerprint density at radius 1 is 1.20 bits per heavy atom. The van der Waals surface area contributed by atoms with Crippen LogP contribution in [-0.2, 0) is 5.75 Å². The molecule has 0 atom stereocenters. The second-order valence-electron chi connectivity index (χ2n) is 5.10. The zero-order chi connectivity index (χ0) is 17.6. The summed E-state index contributed by atoms with van der Waals surface area (Å²) in [5.74, 6) is 1.45. The molecule has 2 aromatic carbocycles. The average molecular weight is 355 g/mol. The molecular formula is C17H17N5O2S. The van der Waals surface area contributed by atoms with E-state index in [0.29, 0.717) is 22.3 Å². The van der Waals surface area contributed by atoms with E-state index in [0.717, 1.165) is 10.2 Å². The van der Waals surface area contributed by atoms with Crippen molar-refractivity contribution < 1.29 is 9.53 Å². The number of hydrogen-bond acceptors (Lipinski definition) is 6. The Labute approximate surface area is 149 Å². The summed E-state index contributed by atoms with van der Waals surface area (Å²) in [6.45, 7) is 0. The Hall–Kier alpha value is -3.00. The summed E-state index contributed by atoms with van der Waals surface area (Å²) in [5.41, 5.74) is 7.56. The van der Waals surface area contributed by atoms with Gasteiger partial charge in [-0.1, -0.05) is 42.1 Å². The minimum absolute atomic E-state index is 0.0431. The molecule has 7 nitrogen and oxygen atoms in total. The predicted molar refractivity (Wildman–Crippen MR) is 97.8 cm³/mol. The van der Waals surface area contributed by atoms with Crippen molar-refractivity contribution in [2.24, 2.45) is 0 Å². The highest BCUT2D eigenvalue weighted by Gasteiger charge is 2.14. The maximum absolute atomic E-state index is 12.3. The van der Waals surface area contributed by atoms with E-state index in [9.17, 15) is 4.79 Å². The smallest absolute Gasteiger partial charge is 0.349 e. The summed E-state index contributed by atoms with van der Waals surface area (Å²) in [6, 6.07) is 16.4. The zero-order valence-electron chi connectivity index (χ0n) is 13.5. The van der Waals surface area contributed by atoms with Gasteiger partial charge < -0.3 is 15.8 Å². The first-order chi connectivity index (χ1) is 12.2. The van der Waals surface area contributed by atoms with Crippen LogP contribution in [0.3, 0.4) is 0 Å². The van der Waals surface area contributed by atoms with Crippen LogP contribution in [0.2, 0.25) is 0 Å². The number of hydrogen-bond donors (Lipinski definition) is 2. The lowest BCUT2D eigenvalue weighted by molar-refractivity contribution is 0.251. The lowest BCUT2D eigenvalue weighted by Gasteiger charge is -2.06. The van der Waals surface area contributed by atoms with Crippen LogP contribution in [0.25, 0.3) is 0 Å². The molecule has 1 aromatic heterocycles. The van der Waals surface area contributed by atoms with E-state index in [1.165, 1.54) is 11.8 Å². The molecule has 0 fully saturated rings. The molecule has 0 aliphatic carbocycles. The van der Waals surface area contributed by atoms with Crippen molar-refractivity contribution >= 4 is 29.4 Å². The zero-order valence-corrected chi connectivity index (χ0v) is 14.4. The molecular weight excluding hydrogens is 338 g/mol. The molecule has 3 rings (SSSR count). The standard InChI is InChI=1S/C17H17N5O2S/c1-24-14-9-7-13(8-10-14)19-17(23)22-15(18)20-16(21-22)25-11-12-5-3-2-4-6-12/h2-10H,11H2,1H3,(H,19,23)(H2,18,20,21). The van der Waals surface area contributed by atoms with Gasteiger partial charge in [0.1, 0.15) is 5.75 Å². The van der Waals surface area contributed by atoms with Gasteiger partial charge in [-0.05, 0) is 29.8 Å². The summed E-state index contributed by atoms with van der Waals surface area (Å²) in [7, 11) is 1.58. The van der Waals surface area contributed by atoms with E-state index in [2.05, 4.69) is 15.4 Å². The monoisotopic (exact) mass is 355 g/mol. The molecule has 0 aliphatic rings. The van der Waals surface area contributed by atoms with Gasteiger partial charge in [-0.2, -0.15) is 4.98 Å². The Morgan fingerprint density at radius 2 is 1.92 bits per heavy atom. The van der Waals surface area contributed by atoms with E-state index in [1.807, 2.05) is 30.3 Å². The van der Waals surface area contributed by atoms with Crippen LogP contribution in [0.5, 0.6) is 5.75 Å². The van der Waals surface area contributed by atoms with Crippen LogP contribution < -0.4 is 15.8 Å². The molecule has 3 N–H and O–H groups in total. The molecule has 0 saturated carbocycles. The van der Waals surface area contributed by atoms with Gasteiger partial charge in [-0.3, -0.25) is 0 Å². The highest BCUT2D eigenvalue weighted by atomic mass is 32.2. The molecule has 0 aliphatic heterocycles. The minimum atomic E-state index is -0.471. The molecule has 0 bridgehead atoms. The Morgan fingerprint density at radius 3 is 2.60 bits per heavy atom. The van der Waals surface area contributed by atoms with Crippen molar-refractivity contribution in [2.45, 2.75) is 10.9 Å². The van der Waals surface area contributed by atoms with Crippen molar-refractivity contribution in [3.05, 3.63) is 60.2 Å². The number of methoxy groups -OCH3 is 1. The summed E-state index contributed by atoms with van der Waals surface area (Å²) in [6.07, 6.45) is 0. The summed E-state index contributed by atoms with van der Waals surface area (Å²) >= 11 is 1.42. The number of nitrogen functional groups attached to an aromatic ring is 1. The van der Waals surface area contributed by atoms with E-state index < -0.39 is 6.03 Å². The van der Waals surface area contributed by atoms with Crippen molar-refractivity contribution in [1.29, 1.82) is 0 Å². The van der Waals surface area contributed by atoms with Gasteiger partial charge in [0, 0.05) is 11.4 Å². The van der Waals surface area contributed by atoms with E-state index in [4.69, 9.17) is 10.5 Å². The quantitative estimate of drug-likeness (QED) is 0.682. The van der Waals surface area contributed by atoms with Gasteiger partial charge in [-0.25, -0.2) is 4.79 Å². The number of aromatic nitrogens is 3. The summed E-state index contributed by atoms with van der Waals surface area (Å²) < 4.78 is 6.13. The lowest BCUT2D eigenvalue weighted by Crippen LogP contribution is -2.22. The predicted octanol–water partition coefficient (Wildman–Crippen LogP) is 3.24. The minimum Gasteiger partial charge on any atom is -0.497 e. The van der Waals surface area contributed by atoms with Crippen LogP contribution >= 0.6 is 11.8 Å². The number of nitrogens with zero attached hydrogens (tertiary/aromatic N) is 3. The van der Waals surface area contributed by atoms with Crippen molar-refractivity contribution in [3.63, 3.8) is 0 Å². The van der Waals surface area contributed by atoms with Gasteiger partial charge in [-0.15, -0.1) is 9.78 Å². The fourth-order valence-corrected chi connectivity index (χ4v) is 2.87. The maximum Gasteiger partial charge on any atom is 0.349 e. The number of nitrogens with two attached hydrogens (primary N) is 1. The molecule has 1 amide bonds. The first-order valence-electron chi connectivity index (χ1n) is 7.50. The van der Waals surface area contributed by atoms with Gasteiger partial charge in [0.15, 0.2) is 0 Å². The molecule has 3 aromatic rings. The van der Waals surface area contributed by atoms with Crippen molar-refractivity contribution in [3.8, 4) is 5.75 Å². The first-order valence-corrected chi connectivity index (χ1v) is 8.49. The molecule has 0 radical (unpaired) electrons. The fourth-order valence-electron chi connectivity index (χ4n) is 2.09. The van der Waals surface area contributed by atoms with Gasteiger partial charge >= 0.3 is 6.03 Å². The first kappa shape index (κ1) is 16.8. The van der Waals surface area contributed by atoms with Crippen LogP contribution in [-0.4, -0.2) is 27.9 Å². The average Bonchev–Trinajstić information content (AvgIpc) is 3.02. The van der Waals surface area contributed by atoms with Crippen LogP contribution in [0.4, 0.5) is 16.4 Å². The number of ether oxygens (including phenoxy) is 1. The van der Waals surface area contributed by atoms with Gasteiger partial charge in [0.2, 0.25) is 11.1 Å². The Balaban J connectivity index is 1.65. The highest BCUT2D eigenvalue weighted by molar-refractivity contribution is 7.98. The maximum atomic E-state index is 12.3. The highest BCUT2D eigenvalue weighted by Crippen LogP contribution is 2.21. The Bertz CT molecular complexity index is 849. The molecule has 128 valence electrons. The van der Waals surface area contributed by atoms with Crippen LogP contribution in [0, 0.1) is 0 Å². The fraction of sp³-hybridized carbons (Fsp3) is 0.118. The SMILES string of the molecule is COc1ccc(NC(=O)n2nc(SCc3ccccc3)nc2N)cc1.